The number of aromatic carboxylic acids is 1. The summed E-state index contributed by atoms with van der Waals surface area (Å²) in [5, 5.41) is 8.60. The average Bonchev–Trinajstić information content (AvgIpc) is 2.25. The minimum Gasteiger partial charge on any atom is -0.478 e. The highest BCUT2D eigenvalue weighted by Gasteiger charge is 2.41. The molecule has 0 atom stereocenters. The second-order valence-electron chi connectivity index (χ2n) is 3.21. The largest absolute Gasteiger partial charge is 0.478 e. The van der Waals surface area contributed by atoms with E-state index >= 15 is 0 Å². The predicted molar refractivity (Wildman–Crippen MR) is 49.0 cm³/mol. The number of hydrogen-bond donors (Lipinski definition) is 2. The van der Waals surface area contributed by atoms with Crippen LogP contribution in [0.25, 0.3) is 0 Å². The Morgan fingerprint density at radius 2 is 2.00 bits per heavy atom. The number of halogens is 5. The summed E-state index contributed by atoms with van der Waals surface area (Å²) in [5.41, 5.74) is -0.399. The first-order valence-corrected chi connectivity index (χ1v) is 4.50. The number of carboxylic acid groups (broad SMARTS) is 1. The molecular weight excluding hydrogens is 263 g/mol. The van der Waals surface area contributed by atoms with Crippen molar-refractivity contribution in [1.29, 1.82) is 0 Å². The molecule has 18 heavy (non-hydrogen) atoms. The Bertz CT molecular complexity index is 473. The van der Waals surface area contributed by atoms with E-state index in [1.165, 1.54) is 0 Å². The van der Waals surface area contributed by atoms with Crippen molar-refractivity contribution in [2.75, 3.05) is 0 Å². The van der Waals surface area contributed by atoms with Crippen LogP contribution in [0.3, 0.4) is 0 Å². The predicted octanol–water partition coefficient (Wildman–Crippen LogP) is 2.19. The van der Waals surface area contributed by atoms with E-state index in [9.17, 15) is 26.7 Å². The summed E-state index contributed by atoms with van der Waals surface area (Å²) in [7, 11) is 0. The lowest BCUT2D eigenvalue weighted by molar-refractivity contribution is -0.140. The van der Waals surface area contributed by atoms with Gasteiger partial charge < -0.3 is 10.8 Å². The van der Waals surface area contributed by atoms with Crippen LogP contribution in [-0.4, -0.2) is 16.1 Å². The molecule has 9 heteroatoms. The van der Waals surface area contributed by atoms with Crippen LogP contribution in [0, 0.1) is 0 Å². The zero-order valence-electron chi connectivity index (χ0n) is 8.63. The van der Waals surface area contributed by atoms with E-state index in [2.05, 4.69) is 4.98 Å². The molecule has 0 spiro atoms. The standard InChI is InChI=1S/C9H7F5N2O2/c10-7(11)5-3(8(17)18)2-16-4(1-15)6(5)9(12,13)14/h2,7H,1,15H2,(H,17,18). The highest BCUT2D eigenvalue weighted by atomic mass is 19.4. The van der Waals surface area contributed by atoms with Crippen molar-refractivity contribution in [3.8, 4) is 0 Å². The highest BCUT2D eigenvalue weighted by molar-refractivity contribution is 5.89. The Labute approximate surface area is 97.2 Å². The first kappa shape index (κ1) is 14.3. The van der Waals surface area contributed by atoms with Crippen LogP contribution in [0.2, 0.25) is 0 Å². The zero-order valence-corrected chi connectivity index (χ0v) is 8.63. The monoisotopic (exact) mass is 270 g/mol. The van der Waals surface area contributed by atoms with E-state index in [4.69, 9.17) is 10.8 Å². The van der Waals surface area contributed by atoms with E-state index in [1.807, 2.05) is 0 Å². The van der Waals surface area contributed by atoms with Gasteiger partial charge in [-0.2, -0.15) is 13.2 Å². The third kappa shape index (κ3) is 2.55. The highest BCUT2D eigenvalue weighted by Crippen LogP contribution is 2.39. The summed E-state index contributed by atoms with van der Waals surface area (Å²) < 4.78 is 63.4. The van der Waals surface area contributed by atoms with Crippen molar-refractivity contribution in [3.05, 3.63) is 28.6 Å². The number of carbonyl (C=O) groups is 1. The van der Waals surface area contributed by atoms with Crippen LogP contribution in [0.1, 0.15) is 33.6 Å². The number of pyridine rings is 1. The fraction of sp³-hybridized carbons (Fsp3) is 0.333. The van der Waals surface area contributed by atoms with E-state index < -0.39 is 47.5 Å². The van der Waals surface area contributed by atoms with E-state index in [0.717, 1.165) is 0 Å². The van der Waals surface area contributed by atoms with Gasteiger partial charge in [-0.25, -0.2) is 13.6 Å². The van der Waals surface area contributed by atoms with Gasteiger partial charge in [0.1, 0.15) is 0 Å². The fourth-order valence-corrected chi connectivity index (χ4v) is 1.43. The van der Waals surface area contributed by atoms with E-state index in [-0.39, 0.29) is 0 Å². The summed E-state index contributed by atoms with van der Waals surface area (Å²) in [4.78, 5) is 13.8. The van der Waals surface area contributed by atoms with Crippen molar-refractivity contribution in [1.82, 2.24) is 4.98 Å². The second-order valence-corrected chi connectivity index (χ2v) is 3.21. The molecule has 0 aliphatic heterocycles. The van der Waals surface area contributed by atoms with Crippen LogP contribution < -0.4 is 5.73 Å². The molecule has 0 aromatic carbocycles. The number of hydrogen-bond acceptors (Lipinski definition) is 3. The van der Waals surface area contributed by atoms with Crippen molar-refractivity contribution in [3.63, 3.8) is 0 Å². The van der Waals surface area contributed by atoms with Crippen molar-refractivity contribution in [2.45, 2.75) is 19.1 Å². The van der Waals surface area contributed by atoms with Gasteiger partial charge >= 0.3 is 12.1 Å². The van der Waals surface area contributed by atoms with Crippen molar-refractivity contribution >= 4 is 5.97 Å². The topological polar surface area (TPSA) is 76.2 Å². The molecule has 0 bridgehead atoms. The lowest BCUT2D eigenvalue weighted by Gasteiger charge is -2.17. The van der Waals surface area contributed by atoms with Crippen LogP contribution in [0.4, 0.5) is 22.0 Å². The molecule has 0 radical (unpaired) electrons. The summed E-state index contributed by atoms with van der Waals surface area (Å²) in [6, 6.07) is 0. The van der Waals surface area contributed by atoms with Gasteiger partial charge in [0.25, 0.3) is 6.43 Å². The zero-order chi connectivity index (χ0) is 14.1. The summed E-state index contributed by atoms with van der Waals surface area (Å²) >= 11 is 0. The molecule has 0 fully saturated rings. The second kappa shape index (κ2) is 4.84. The summed E-state index contributed by atoms with van der Waals surface area (Å²) in [5.74, 6) is -1.91. The molecule has 0 amide bonds. The number of nitrogens with two attached hydrogens (primary N) is 1. The Kier molecular flexibility index (Phi) is 3.85. The maximum absolute atomic E-state index is 12.7. The maximum atomic E-state index is 12.7. The van der Waals surface area contributed by atoms with E-state index in [1.54, 1.807) is 0 Å². The van der Waals surface area contributed by atoms with Gasteiger partial charge in [-0.05, 0) is 0 Å². The van der Waals surface area contributed by atoms with Crippen LogP contribution in [0.5, 0.6) is 0 Å². The van der Waals surface area contributed by atoms with Gasteiger partial charge in [0.15, 0.2) is 0 Å². The van der Waals surface area contributed by atoms with Crippen LogP contribution in [-0.2, 0) is 12.7 Å². The molecule has 0 saturated heterocycles. The van der Waals surface area contributed by atoms with Gasteiger partial charge in [0.05, 0.1) is 16.8 Å². The SMILES string of the molecule is NCc1ncc(C(=O)O)c(C(F)F)c1C(F)(F)F. The average molecular weight is 270 g/mol. The number of rotatable bonds is 3. The number of carboxylic acids is 1. The maximum Gasteiger partial charge on any atom is 0.418 e. The molecular formula is C9H7F5N2O2. The first-order valence-electron chi connectivity index (χ1n) is 4.50. The molecule has 1 rings (SSSR count). The first-order chi connectivity index (χ1) is 8.20. The van der Waals surface area contributed by atoms with E-state index in [0.29, 0.717) is 6.20 Å². The third-order valence-electron chi connectivity index (χ3n) is 2.12. The van der Waals surface area contributed by atoms with Crippen LogP contribution in [0.15, 0.2) is 6.20 Å². The normalized spacial score (nSPS) is 11.9. The molecule has 1 aromatic rings. The third-order valence-corrected chi connectivity index (χ3v) is 2.12. The summed E-state index contributed by atoms with van der Waals surface area (Å²) in [6.07, 6.45) is -8.30. The smallest absolute Gasteiger partial charge is 0.418 e. The molecule has 3 N–H and O–H groups in total. The molecule has 0 saturated carbocycles. The summed E-state index contributed by atoms with van der Waals surface area (Å²) in [6.45, 7) is -0.728. The Morgan fingerprint density at radius 3 is 2.33 bits per heavy atom. The fourth-order valence-electron chi connectivity index (χ4n) is 1.43. The molecule has 0 aliphatic rings. The lowest BCUT2D eigenvalue weighted by atomic mass is 10.0. The van der Waals surface area contributed by atoms with Crippen LogP contribution >= 0.6 is 0 Å². The molecule has 0 aliphatic carbocycles. The Balaban J connectivity index is 3.71. The van der Waals surface area contributed by atoms with Gasteiger partial charge in [-0.1, -0.05) is 0 Å². The Morgan fingerprint density at radius 1 is 1.44 bits per heavy atom. The molecule has 4 nitrogen and oxygen atoms in total. The van der Waals surface area contributed by atoms with Crippen molar-refractivity contribution in [2.24, 2.45) is 5.73 Å². The molecule has 1 heterocycles. The molecule has 0 unspecified atom stereocenters. The number of nitrogens with zero attached hydrogens (tertiary/aromatic N) is 1. The quantitative estimate of drug-likeness (QED) is 0.825. The van der Waals surface area contributed by atoms with Gasteiger partial charge in [0, 0.05) is 18.3 Å². The minimum atomic E-state index is -5.15. The number of alkyl halides is 5. The lowest BCUT2D eigenvalue weighted by Crippen LogP contribution is -2.20. The van der Waals surface area contributed by atoms with Gasteiger partial charge in [0.2, 0.25) is 0 Å². The molecule has 1 aromatic heterocycles. The van der Waals surface area contributed by atoms with Gasteiger partial charge in [-0.15, -0.1) is 0 Å². The minimum absolute atomic E-state index is 0.446. The number of aromatic nitrogens is 1. The van der Waals surface area contributed by atoms with Gasteiger partial charge in [-0.3, -0.25) is 4.98 Å². The Hall–Kier alpha value is -1.77. The van der Waals surface area contributed by atoms with Crippen molar-refractivity contribution < 1.29 is 31.9 Å². The molecule has 100 valence electrons.